The first kappa shape index (κ1) is 11.4. The SMILES string of the molecule is C=C(Br)CNC(C)c1cc(Br)cs1. The van der Waals surface area contributed by atoms with Crippen molar-refractivity contribution in [3.05, 3.63) is 31.9 Å². The van der Waals surface area contributed by atoms with E-state index in [4.69, 9.17) is 0 Å². The van der Waals surface area contributed by atoms with E-state index in [1.54, 1.807) is 11.3 Å². The highest BCUT2D eigenvalue weighted by atomic mass is 79.9. The lowest BCUT2D eigenvalue weighted by molar-refractivity contribution is 0.625. The molecule has 0 aromatic carbocycles. The van der Waals surface area contributed by atoms with Gasteiger partial charge in [-0.3, -0.25) is 0 Å². The summed E-state index contributed by atoms with van der Waals surface area (Å²) >= 11 is 8.51. The highest BCUT2D eigenvalue weighted by Crippen LogP contribution is 2.25. The van der Waals surface area contributed by atoms with E-state index >= 15 is 0 Å². The molecule has 0 aliphatic rings. The van der Waals surface area contributed by atoms with Crippen LogP contribution in [0.25, 0.3) is 0 Å². The molecule has 0 saturated carbocycles. The van der Waals surface area contributed by atoms with E-state index in [0.29, 0.717) is 6.04 Å². The monoisotopic (exact) mass is 323 g/mol. The molecular weight excluding hydrogens is 314 g/mol. The molecule has 0 radical (unpaired) electrons. The van der Waals surface area contributed by atoms with Crippen LogP contribution >= 0.6 is 43.2 Å². The van der Waals surface area contributed by atoms with Crippen molar-refractivity contribution in [3.8, 4) is 0 Å². The molecule has 0 fully saturated rings. The van der Waals surface area contributed by atoms with E-state index in [2.05, 4.69) is 62.1 Å². The highest BCUT2D eigenvalue weighted by molar-refractivity contribution is 9.11. The Balaban J connectivity index is 2.48. The molecule has 0 amide bonds. The van der Waals surface area contributed by atoms with E-state index < -0.39 is 0 Å². The van der Waals surface area contributed by atoms with Gasteiger partial charge in [0.25, 0.3) is 0 Å². The second-order valence-electron chi connectivity index (χ2n) is 2.79. The van der Waals surface area contributed by atoms with Crippen molar-refractivity contribution in [3.63, 3.8) is 0 Å². The van der Waals surface area contributed by atoms with Gasteiger partial charge in [0.05, 0.1) is 0 Å². The summed E-state index contributed by atoms with van der Waals surface area (Å²) < 4.78 is 2.13. The average molecular weight is 325 g/mol. The van der Waals surface area contributed by atoms with Crippen LogP contribution in [0.4, 0.5) is 0 Å². The second-order valence-corrected chi connectivity index (χ2v) is 5.77. The number of thiophene rings is 1. The number of hydrogen-bond acceptors (Lipinski definition) is 2. The van der Waals surface area contributed by atoms with Gasteiger partial charge in [0, 0.05) is 31.8 Å². The summed E-state index contributed by atoms with van der Waals surface area (Å²) in [6, 6.07) is 2.52. The minimum Gasteiger partial charge on any atom is -0.305 e. The third-order valence-corrected chi connectivity index (χ3v) is 3.77. The van der Waals surface area contributed by atoms with Crippen molar-refractivity contribution in [1.82, 2.24) is 5.32 Å². The maximum absolute atomic E-state index is 3.77. The van der Waals surface area contributed by atoms with Gasteiger partial charge in [-0.1, -0.05) is 22.5 Å². The Kier molecular flexibility index (Phi) is 4.66. The molecule has 72 valence electrons. The molecule has 0 saturated heterocycles. The van der Waals surface area contributed by atoms with Crippen LogP contribution in [0.2, 0.25) is 0 Å². The summed E-state index contributed by atoms with van der Waals surface area (Å²) in [5.41, 5.74) is 0. The summed E-state index contributed by atoms with van der Waals surface area (Å²) in [5.74, 6) is 0. The molecular formula is C9H11Br2NS. The van der Waals surface area contributed by atoms with E-state index in [1.165, 1.54) is 4.88 Å². The van der Waals surface area contributed by atoms with Crippen LogP contribution in [-0.2, 0) is 0 Å². The van der Waals surface area contributed by atoms with Crippen molar-refractivity contribution < 1.29 is 0 Å². The third kappa shape index (κ3) is 3.94. The Labute approximate surface area is 99.5 Å². The van der Waals surface area contributed by atoms with E-state index in [0.717, 1.165) is 15.5 Å². The average Bonchev–Trinajstić information content (AvgIpc) is 2.47. The molecule has 13 heavy (non-hydrogen) atoms. The predicted octanol–water partition coefficient (Wildman–Crippen LogP) is 4.07. The first-order valence-electron chi connectivity index (χ1n) is 3.90. The Morgan fingerprint density at radius 3 is 2.92 bits per heavy atom. The normalized spacial score (nSPS) is 12.8. The Bertz CT molecular complexity index is 296. The van der Waals surface area contributed by atoms with Crippen LogP contribution in [0.3, 0.4) is 0 Å². The van der Waals surface area contributed by atoms with Gasteiger partial charge in [0.1, 0.15) is 0 Å². The summed E-state index contributed by atoms with van der Waals surface area (Å²) in [5, 5.41) is 5.45. The third-order valence-electron chi connectivity index (χ3n) is 1.61. The molecule has 0 bridgehead atoms. The lowest BCUT2D eigenvalue weighted by Gasteiger charge is -2.10. The number of halogens is 2. The number of nitrogens with one attached hydrogen (secondary N) is 1. The van der Waals surface area contributed by atoms with Crippen LogP contribution in [0, 0.1) is 0 Å². The summed E-state index contributed by atoms with van der Waals surface area (Å²) in [6.07, 6.45) is 0. The zero-order valence-corrected chi connectivity index (χ0v) is 11.3. The van der Waals surface area contributed by atoms with Gasteiger partial charge in [0.2, 0.25) is 0 Å². The van der Waals surface area contributed by atoms with Gasteiger partial charge < -0.3 is 5.32 Å². The molecule has 1 heterocycles. The van der Waals surface area contributed by atoms with Gasteiger partial charge in [-0.15, -0.1) is 11.3 Å². The van der Waals surface area contributed by atoms with Crippen LogP contribution in [0.15, 0.2) is 27.0 Å². The van der Waals surface area contributed by atoms with Crippen molar-refractivity contribution in [2.75, 3.05) is 6.54 Å². The molecule has 1 aromatic rings. The molecule has 0 spiro atoms. The van der Waals surface area contributed by atoms with Crippen LogP contribution in [0.5, 0.6) is 0 Å². The van der Waals surface area contributed by atoms with E-state index in [1.807, 2.05) is 0 Å². The fraction of sp³-hybridized carbons (Fsp3) is 0.333. The molecule has 0 aliphatic carbocycles. The van der Waals surface area contributed by atoms with E-state index in [9.17, 15) is 0 Å². The van der Waals surface area contributed by atoms with Crippen molar-refractivity contribution in [2.24, 2.45) is 0 Å². The van der Waals surface area contributed by atoms with Gasteiger partial charge in [0.15, 0.2) is 0 Å². The Morgan fingerprint density at radius 1 is 1.77 bits per heavy atom. The molecule has 1 nitrogen and oxygen atoms in total. The molecule has 4 heteroatoms. The van der Waals surface area contributed by atoms with Crippen LogP contribution < -0.4 is 5.32 Å². The smallest absolute Gasteiger partial charge is 0.0389 e. The summed E-state index contributed by atoms with van der Waals surface area (Å²) in [7, 11) is 0. The lowest BCUT2D eigenvalue weighted by Crippen LogP contribution is -2.18. The fourth-order valence-corrected chi connectivity index (χ4v) is 2.56. The van der Waals surface area contributed by atoms with Gasteiger partial charge in [-0.05, 0) is 28.9 Å². The molecule has 1 atom stereocenters. The first-order chi connectivity index (χ1) is 6.09. The molecule has 1 rings (SSSR count). The fourth-order valence-electron chi connectivity index (χ4n) is 0.920. The minimum absolute atomic E-state index is 0.380. The van der Waals surface area contributed by atoms with Gasteiger partial charge in [-0.25, -0.2) is 0 Å². The summed E-state index contributed by atoms with van der Waals surface area (Å²) in [6.45, 7) is 6.72. The standard InChI is InChI=1S/C9H11Br2NS/c1-6(10)4-12-7(2)9-3-8(11)5-13-9/h3,5,7,12H,1,4H2,2H3. The maximum atomic E-state index is 3.77. The molecule has 1 aromatic heterocycles. The van der Waals surface area contributed by atoms with Gasteiger partial charge >= 0.3 is 0 Å². The summed E-state index contributed by atoms with van der Waals surface area (Å²) in [4.78, 5) is 1.33. The molecule has 0 aliphatic heterocycles. The van der Waals surface area contributed by atoms with Crippen LogP contribution in [0.1, 0.15) is 17.8 Å². The minimum atomic E-state index is 0.380. The van der Waals surface area contributed by atoms with Crippen molar-refractivity contribution in [1.29, 1.82) is 0 Å². The predicted molar refractivity (Wildman–Crippen MR) is 66.5 cm³/mol. The zero-order chi connectivity index (χ0) is 9.84. The number of hydrogen-bond donors (Lipinski definition) is 1. The van der Waals surface area contributed by atoms with E-state index in [-0.39, 0.29) is 0 Å². The topological polar surface area (TPSA) is 12.0 Å². The van der Waals surface area contributed by atoms with Crippen molar-refractivity contribution in [2.45, 2.75) is 13.0 Å². The lowest BCUT2D eigenvalue weighted by atomic mass is 10.3. The zero-order valence-electron chi connectivity index (χ0n) is 7.31. The maximum Gasteiger partial charge on any atom is 0.0389 e. The second kappa shape index (κ2) is 5.29. The molecule has 1 unspecified atom stereocenters. The highest BCUT2D eigenvalue weighted by Gasteiger charge is 2.06. The molecule has 1 N–H and O–H groups in total. The Hall–Kier alpha value is 0.360. The Morgan fingerprint density at radius 2 is 2.46 bits per heavy atom. The first-order valence-corrected chi connectivity index (χ1v) is 6.36. The number of rotatable bonds is 4. The van der Waals surface area contributed by atoms with Crippen LogP contribution in [-0.4, -0.2) is 6.54 Å². The van der Waals surface area contributed by atoms with Crippen molar-refractivity contribution >= 4 is 43.2 Å². The van der Waals surface area contributed by atoms with Gasteiger partial charge in [-0.2, -0.15) is 0 Å². The largest absolute Gasteiger partial charge is 0.305 e. The quantitative estimate of drug-likeness (QED) is 0.880.